The van der Waals surface area contributed by atoms with E-state index in [1.165, 1.54) is 11.3 Å². The largest absolute Gasteiger partial charge is 0.494 e. The third kappa shape index (κ3) is 3.60. The quantitative estimate of drug-likeness (QED) is 0.926. The zero-order chi connectivity index (χ0) is 17.1. The van der Waals surface area contributed by atoms with Crippen LogP contribution in [0.2, 0.25) is 0 Å². The number of nitrogens with zero attached hydrogens (tertiary/aromatic N) is 2. The van der Waals surface area contributed by atoms with Crippen molar-refractivity contribution in [3.63, 3.8) is 0 Å². The molecule has 3 rings (SSSR count). The van der Waals surface area contributed by atoms with Crippen LogP contribution in [0, 0.1) is 6.92 Å². The second kappa shape index (κ2) is 7.32. The molecule has 1 atom stereocenters. The van der Waals surface area contributed by atoms with E-state index in [0.717, 1.165) is 46.5 Å². The Balaban J connectivity index is 1.80. The first-order chi connectivity index (χ1) is 11.6. The maximum atomic E-state index is 12.8. The molecule has 6 heteroatoms. The summed E-state index contributed by atoms with van der Waals surface area (Å²) in [7, 11) is 0. The number of benzene rings is 1. The molecule has 0 radical (unpaired) electrons. The van der Waals surface area contributed by atoms with Crippen molar-refractivity contribution in [2.24, 2.45) is 0 Å². The second-order valence-electron chi connectivity index (χ2n) is 6.00. The number of rotatable bonds is 4. The fraction of sp³-hybridized carbons (Fsp3) is 0.444. The lowest BCUT2D eigenvalue weighted by molar-refractivity contribution is 0.0713. The maximum Gasteiger partial charge on any atom is 0.265 e. The average molecular weight is 345 g/mol. The van der Waals surface area contributed by atoms with Gasteiger partial charge in [0, 0.05) is 31.2 Å². The van der Waals surface area contributed by atoms with E-state index in [-0.39, 0.29) is 5.91 Å². The minimum Gasteiger partial charge on any atom is -0.494 e. The van der Waals surface area contributed by atoms with E-state index < -0.39 is 0 Å². The van der Waals surface area contributed by atoms with Crippen LogP contribution < -0.4 is 10.1 Å². The summed E-state index contributed by atoms with van der Waals surface area (Å²) in [6.07, 6.45) is 0. The zero-order valence-corrected chi connectivity index (χ0v) is 15.2. The van der Waals surface area contributed by atoms with E-state index in [1.807, 2.05) is 43.0 Å². The van der Waals surface area contributed by atoms with Crippen LogP contribution in [-0.2, 0) is 0 Å². The van der Waals surface area contributed by atoms with Crippen LogP contribution in [0.5, 0.6) is 5.75 Å². The van der Waals surface area contributed by atoms with Gasteiger partial charge in [0.15, 0.2) is 0 Å². The number of hydrogen-bond acceptors (Lipinski definition) is 5. The number of thiazole rings is 1. The van der Waals surface area contributed by atoms with Gasteiger partial charge in [0.05, 0.1) is 12.3 Å². The van der Waals surface area contributed by atoms with E-state index in [2.05, 4.69) is 17.2 Å². The highest BCUT2D eigenvalue weighted by molar-refractivity contribution is 7.17. The molecule has 1 N–H and O–H groups in total. The Labute approximate surface area is 146 Å². The lowest BCUT2D eigenvalue weighted by Gasteiger charge is -2.31. The monoisotopic (exact) mass is 345 g/mol. The number of aromatic nitrogens is 1. The molecule has 128 valence electrons. The maximum absolute atomic E-state index is 12.8. The van der Waals surface area contributed by atoms with Crippen molar-refractivity contribution in [2.45, 2.75) is 26.8 Å². The van der Waals surface area contributed by atoms with Gasteiger partial charge in [-0.25, -0.2) is 4.98 Å². The first-order valence-corrected chi connectivity index (χ1v) is 9.13. The summed E-state index contributed by atoms with van der Waals surface area (Å²) in [5, 5.41) is 4.24. The number of piperazine rings is 1. The molecule has 1 aromatic carbocycles. The summed E-state index contributed by atoms with van der Waals surface area (Å²) in [6.45, 7) is 8.96. The fourth-order valence-electron chi connectivity index (χ4n) is 2.84. The number of hydrogen-bond donors (Lipinski definition) is 1. The van der Waals surface area contributed by atoms with Crippen molar-refractivity contribution in [3.8, 4) is 16.3 Å². The van der Waals surface area contributed by atoms with Crippen LogP contribution in [0.3, 0.4) is 0 Å². The van der Waals surface area contributed by atoms with E-state index >= 15 is 0 Å². The molecule has 0 bridgehead atoms. The Morgan fingerprint density at radius 2 is 2.17 bits per heavy atom. The van der Waals surface area contributed by atoms with Gasteiger partial charge in [0.2, 0.25) is 0 Å². The van der Waals surface area contributed by atoms with Crippen molar-refractivity contribution in [1.82, 2.24) is 15.2 Å². The Kier molecular flexibility index (Phi) is 5.16. The Hall–Kier alpha value is -1.92. The molecule has 1 unspecified atom stereocenters. The first-order valence-electron chi connectivity index (χ1n) is 8.31. The highest BCUT2D eigenvalue weighted by atomic mass is 32.1. The molecule has 1 amide bonds. The molecule has 1 aliphatic heterocycles. The Morgan fingerprint density at radius 3 is 2.83 bits per heavy atom. The molecule has 1 aliphatic rings. The number of amides is 1. The molecule has 0 saturated carbocycles. The smallest absolute Gasteiger partial charge is 0.265 e. The molecule has 2 aromatic rings. The summed E-state index contributed by atoms with van der Waals surface area (Å²) < 4.78 is 5.47. The number of nitrogens with one attached hydrogen (secondary N) is 1. The topological polar surface area (TPSA) is 54.5 Å². The lowest BCUT2D eigenvalue weighted by atomic mass is 10.2. The minimum absolute atomic E-state index is 0.0931. The van der Waals surface area contributed by atoms with Gasteiger partial charge in [-0.3, -0.25) is 4.79 Å². The molecular formula is C18H23N3O2S. The second-order valence-corrected chi connectivity index (χ2v) is 7.00. The molecule has 0 spiro atoms. The van der Waals surface area contributed by atoms with Gasteiger partial charge in [0.1, 0.15) is 15.6 Å². The van der Waals surface area contributed by atoms with Gasteiger partial charge >= 0.3 is 0 Å². The Morgan fingerprint density at radius 1 is 1.42 bits per heavy atom. The fourth-order valence-corrected chi connectivity index (χ4v) is 3.88. The molecule has 0 aliphatic carbocycles. The van der Waals surface area contributed by atoms with Gasteiger partial charge in [-0.15, -0.1) is 11.3 Å². The van der Waals surface area contributed by atoms with Crippen molar-refractivity contribution in [2.75, 3.05) is 26.2 Å². The van der Waals surface area contributed by atoms with Crippen molar-refractivity contribution in [1.29, 1.82) is 0 Å². The predicted octanol–water partition coefficient (Wildman–Crippen LogP) is 2.95. The first kappa shape index (κ1) is 16.9. The summed E-state index contributed by atoms with van der Waals surface area (Å²) in [4.78, 5) is 20.1. The molecule has 24 heavy (non-hydrogen) atoms. The highest BCUT2D eigenvalue weighted by Crippen LogP contribution is 2.30. The summed E-state index contributed by atoms with van der Waals surface area (Å²) in [5.41, 5.74) is 1.82. The van der Waals surface area contributed by atoms with Crippen LogP contribution in [0.4, 0.5) is 0 Å². The van der Waals surface area contributed by atoms with Gasteiger partial charge < -0.3 is 15.0 Å². The molecular weight excluding hydrogens is 322 g/mol. The van der Waals surface area contributed by atoms with Crippen LogP contribution in [0.1, 0.15) is 29.2 Å². The number of carbonyl (C=O) groups excluding carboxylic acids is 1. The van der Waals surface area contributed by atoms with E-state index in [9.17, 15) is 4.79 Å². The van der Waals surface area contributed by atoms with Crippen LogP contribution in [0.25, 0.3) is 10.6 Å². The van der Waals surface area contributed by atoms with Crippen LogP contribution in [0.15, 0.2) is 24.3 Å². The van der Waals surface area contributed by atoms with Gasteiger partial charge in [-0.05, 0) is 45.0 Å². The Bertz CT molecular complexity index is 712. The van der Waals surface area contributed by atoms with Crippen molar-refractivity contribution >= 4 is 17.2 Å². The van der Waals surface area contributed by atoms with Gasteiger partial charge in [-0.2, -0.15) is 0 Å². The summed E-state index contributed by atoms with van der Waals surface area (Å²) >= 11 is 1.47. The van der Waals surface area contributed by atoms with Crippen molar-refractivity contribution in [3.05, 3.63) is 34.8 Å². The summed E-state index contributed by atoms with van der Waals surface area (Å²) in [5.74, 6) is 0.941. The van der Waals surface area contributed by atoms with Gasteiger partial charge in [0.25, 0.3) is 5.91 Å². The average Bonchev–Trinajstić information content (AvgIpc) is 2.97. The van der Waals surface area contributed by atoms with E-state index in [0.29, 0.717) is 12.6 Å². The SMILES string of the molecule is CCOc1ccc(-c2nc(C)c(C(=O)N3CCNC(C)C3)s2)cc1. The zero-order valence-electron chi connectivity index (χ0n) is 14.3. The number of carbonyl (C=O) groups is 1. The van der Waals surface area contributed by atoms with Crippen LogP contribution in [-0.4, -0.2) is 48.1 Å². The molecule has 5 nitrogen and oxygen atoms in total. The third-order valence-electron chi connectivity index (χ3n) is 4.06. The third-order valence-corrected chi connectivity index (χ3v) is 5.25. The molecule has 1 aromatic heterocycles. The standard InChI is InChI=1S/C18H23N3O2S/c1-4-23-15-7-5-14(6-8-15)17-20-13(3)16(24-17)18(22)21-10-9-19-12(2)11-21/h5-8,12,19H,4,9-11H2,1-3H3. The summed E-state index contributed by atoms with van der Waals surface area (Å²) in [6, 6.07) is 8.19. The van der Waals surface area contributed by atoms with Crippen molar-refractivity contribution < 1.29 is 9.53 Å². The number of aryl methyl sites for hydroxylation is 1. The van der Waals surface area contributed by atoms with E-state index in [4.69, 9.17) is 4.74 Å². The molecule has 1 fully saturated rings. The van der Waals surface area contributed by atoms with E-state index in [1.54, 1.807) is 0 Å². The highest BCUT2D eigenvalue weighted by Gasteiger charge is 2.25. The van der Waals surface area contributed by atoms with Crippen LogP contribution >= 0.6 is 11.3 Å². The lowest BCUT2D eigenvalue weighted by Crippen LogP contribution is -2.51. The number of ether oxygens (including phenoxy) is 1. The molecule has 2 heterocycles. The molecule has 1 saturated heterocycles. The predicted molar refractivity (Wildman–Crippen MR) is 96.8 cm³/mol. The normalized spacial score (nSPS) is 17.8. The minimum atomic E-state index is 0.0931. The van der Waals surface area contributed by atoms with Gasteiger partial charge in [-0.1, -0.05) is 0 Å².